The molecule has 3 N–H and O–H groups in total. The molecular formula is C28H41N5O7. The zero-order valence-corrected chi connectivity index (χ0v) is 23.4. The second kappa shape index (κ2) is 15.5. The van der Waals surface area contributed by atoms with Gasteiger partial charge in [0.05, 0.1) is 12.9 Å². The lowest BCUT2D eigenvalue weighted by Gasteiger charge is -2.23. The standard InChI is InChI=1S/C28H41N5O7/c1-4-6-7-8-9-10-11-12-13-14-23(36)38-15-16-39-27(37)32-25-24-26(31-20(3)30-25)33(19-29-24)22-17-21(35)28(5-2,18-34)40-22/h2,19,21-22,34-35H,4,6-18H2,1,3H3,(H,30,31,32,37)/t21-,22+,28+/m0/s1. The van der Waals surface area contributed by atoms with Crippen LogP contribution >= 0.6 is 0 Å². The smallest absolute Gasteiger partial charge is 0.412 e. The summed E-state index contributed by atoms with van der Waals surface area (Å²) >= 11 is 0. The summed E-state index contributed by atoms with van der Waals surface area (Å²) in [7, 11) is 0. The second-order valence-corrected chi connectivity index (χ2v) is 10.0. The molecule has 2 aromatic rings. The van der Waals surface area contributed by atoms with E-state index >= 15 is 0 Å². The second-order valence-electron chi connectivity index (χ2n) is 10.0. The van der Waals surface area contributed by atoms with E-state index < -0.39 is 30.6 Å². The lowest BCUT2D eigenvalue weighted by molar-refractivity contribution is -0.144. The topological polar surface area (TPSA) is 158 Å². The molecule has 220 valence electrons. The number of aryl methyl sites for hydroxylation is 1. The van der Waals surface area contributed by atoms with Crippen molar-refractivity contribution >= 4 is 29.0 Å². The van der Waals surface area contributed by atoms with Crippen LogP contribution in [-0.4, -0.2) is 73.3 Å². The number of aromatic nitrogens is 4. The normalized spacial score (nSPS) is 20.4. The minimum Gasteiger partial charge on any atom is -0.462 e. The van der Waals surface area contributed by atoms with Gasteiger partial charge in [-0.15, -0.1) is 6.42 Å². The SMILES string of the molecule is C#C[C@]1(CO)O[C@@H](n2cnc3c(NC(=O)OCCOC(=O)CCCCCCCCCCC)nc(C)nc32)C[C@@H]1O. The number of nitrogens with zero attached hydrogens (tertiary/aromatic N) is 4. The maximum atomic E-state index is 12.4. The van der Waals surface area contributed by atoms with Crippen LogP contribution in [0.25, 0.3) is 11.2 Å². The van der Waals surface area contributed by atoms with Crippen molar-refractivity contribution in [3.63, 3.8) is 0 Å². The molecule has 0 aliphatic carbocycles. The first-order valence-corrected chi connectivity index (χ1v) is 14.1. The number of hydrogen-bond donors (Lipinski definition) is 3. The van der Waals surface area contributed by atoms with Crippen molar-refractivity contribution in [2.24, 2.45) is 0 Å². The molecule has 0 unspecified atom stereocenters. The molecule has 3 heterocycles. The Balaban J connectivity index is 1.41. The molecule has 1 fully saturated rings. The maximum Gasteiger partial charge on any atom is 0.412 e. The largest absolute Gasteiger partial charge is 0.462 e. The van der Waals surface area contributed by atoms with Gasteiger partial charge < -0.3 is 24.4 Å². The van der Waals surface area contributed by atoms with E-state index in [1.54, 1.807) is 11.5 Å². The molecule has 1 aliphatic rings. The number of fused-ring (bicyclic) bond motifs is 1. The van der Waals surface area contributed by atoms with Crippen LogP contribution in [0.1, 0.15) is 89.6 Å². The monoisotopic (exact) mass is 559 g/mol. The predicted octanol–water partition coefficient (Wildman–Crippen LogP) is 3.79. The number of aliphatic hydroxyl groups excluding tert-OH is 2. The summed E-state index contributed by atoms with van der Waals surface area (Å²) in [5, 5.41) is 22.5. The van der Waals surface area contributed by atoms with Crippen LogP contribution in [0.15, 0.2) is 6.33 Å². The number of carbonyl (C=O) groups excluding carboxylic acids is 2. The van der Waals surface area contributed by atoms with E-state index in [0.717, 1.165) is 19.3 Å². The quantitative estimate of drug-likeness (QED) is 0.157. The number of rotatable bonds is 16. The number of imidazole rings is 1. The van der Waals surface area contributed by atoms with Gasteiger partial charge in [-0.25, -0.2) is 19.7 Å². The lowest BCUT2D eigenvalue weighted by Crippen LogP contribution is -2.41. The van der Waals surface area contributed by atoms with E-state index in [1.807, 2.05) is 0 Å². The average molecular weight is 560 g/mol. The van der Waals surface area contributed by atoms with Gasteiger partial charge in [0.25, 0.3) is 0 Å². The van der Waals surface area contributed by atoms with Gasteiger partial charge in [0.1, 0.15) is 31.4 Å². The first kappa shape index (κ1) is 31.3. The molecule has 1 saturated heterocycles. The summed E-state index contributed by atoms with van der Waals surface area (Å²) in [4.78, 5) is 37.2. The van der Waals surface area contributed by atoms with Crippen LogP contribution in [0.3, 0.4) is 0 Å². The maximum absolute atomic E-state index is 12.4. The van der Waals surface area contributed by atoms with E-state index in [2.05, 4.69) is 33.1 Å². The molecule has 0 radical (unpaired) electrons. The third-order valence-electron chi connectivity index (χ3n) is 6.92. The van der Waals surface area contributed by atoms with Crippen LogP contribution in [0.4, 0.5) is 10.6 Å². The Morgan fingerprint density at radius 3 is 2.48 bits per heavy atom. The molecule has 40 heavy (non-hydrogen) atoms. The Hall–Kier alpha value is -3.27. The predicted molar refractivity (Wildman–Crippen MR) is 147 cm³/mol. The molecule has 1 aliphatic heterocycles. The third kappa shape index (κ3) is 8.36. The number of hydrogen-bond acceptors (Lipinski definition) is 10. The highest BCUT2D eigenvalue weighted by molar-refractivity contribution is 5.93. The van der Waals surface area contributed by atoms with Crippen LogP contribution in [0.5, 0.6) is 0 Å². The van der Waals surface area contributed by atoms with Crippen molar-refractivity contribution in [3.8, 4) is 12.3 Å². The number of nitrogens with one attached hydrogen (secondary N) is 1. The van der Waals surface area contributed by atoms with Crippen molar-refractivity contribution in [2.75, 3.05) is 25.1 Å². The molecule has 1 amide bonds. The van der Waals surface area contributed by atoms with Gasteiger partial charge in [0.15, 0.2) is 22.6 Å². The Morgan fingerprint density at radius 2 is 1.82 bits per heavy atom. The summed E-state index contributed by atoms with van der Waals surface area (Å²) in [6, 6.07) is 0. The highest BCUT2D eigenvalue weighted by Crippen LogP contribution is 2.37. The van der Waals surface area contributed by atoms with Crippen molar-refractivity contribution in [3.05, 3.63) is 12.2 Å². The first-order valence-electron chi connectivity index (χ1n) is 14.1. The Morgan fingerprint density at radius 1 is 1.15 bits per heavy atom. The van der Waals surface area contributed by atoms with Gasteiger partial charge >= 0.3 is 12.1 Å². The van der Waals surface area contributed by atoms with E-state index in [0.29, 0.717) is 17.9 Å². The lowest BCUT2D eigenvalue weighted by atomic mass is 9.99. The molecule has 3 rings (SSSR count). The Labute approximate surface area is 234 Å². The number of ether oxygens (including phenoxy) is 3. The number of terminal acetylenes is 1. The summed E-state index contributed by atoms with van der Waals surface area (Å²) in [5.41, 5.74) is -0.906. The van der Waals surface area contributed by atoms with E-state index in [-0.39, 0.29) is 36.9 Å². The molecule has 0 bridgehead atoms. The van der Waals surface area contributed by atoms with E-state index in [1.165, 1.54) is 44.9 Å². The number of amides is 1. The fourth-order valence-corrected chi connectivity index (χ4v) is 4.64. The fraction of sp³-hybridized carbons (Fsp3) is 0.679. The van der Waals surface area contributed by atoms with E-state index in [4.69, 9.17) is 20.6 Å². The number of anilines is 1. The number of esters is 1. The highest BCUT2D eigenvalue weighted by Gasteiger charge is 2.47. The molecule has 0 spiro atoms. The van der Waals surface area contributed by atoms with Gasteiger partial charge in [-0.2, -0.15) is 0 Å². The Kier molecular flexibility index (Phi) is 12.1. The van der Waals surface area contributed by atoms with Gasteiger partial charge in [-0.05, 0) is 13.3 Å². The molecule has 0 aromatic carbocycles. The average Bonchev–Trinajstić information content (AvgIpc) is 3.51. The van der Waals surface area contributed by atoms with Crippen LogP contribution in [0.2, 0.25) is 0 Å². The molecule has 12 heteroatoms. The van der Waals surface area contributed by atoms with Gasteiger partial charge in [-0.3, -0.25) is 14.7 Å². The number of carbonyl (C=O) groups is 2. The van der Waals surface area contributed by atoms with E-state index in [9.17, 15) is 19.8 Å². The molecule has 3 atom stereocenters. The zero-order chi connectivity index (χ0) is 29.0. The zero-order valence-electron chi connectivity index (χ0n) is 23.4. The van der Waals surface area contributed by atoms with Gasteiger partial charge in [-0.1, -0.05) is 64.2 Å². The van der Waals surface area contributed by atoms with Crippen LogP contribution in [0, 0.1) is 19.3 Å². The summed E-state index contributed by atoms with van der Waals surface area (Å²) in [5.74, 6) is 2.49. The van der Waals surface area contributed by atoms with Crippen LogP contribution < -0.4 is 5.32 Å². The first-order chi connectivity index (χ1) is 19.3. The van der Waals surface area contributed by atoms with Crippen molar-refractivity contribution in [1.29, 1.82) is 0 Å². The fourth-order valence-electron chi connectivity index (χ4n) is 4.64. The minimum atomic E-state index is -1.52. The summed E-state index contributed by atoms with van der Waals surface area (Å²) < 4.78 is 17.6. The van der Waals surface area contributed by atoms with Crippen molar-refractivity contribution in [2.45, 2.75) is 102 Å². The van der Waals surface area contributed by atoms with Gasteiger partial charge in [0, 0.05) is 12.8 Å². The third-order valence-corrected chi connectivity index (χ3v) is 6.92. The summed E-state index contributed by atoms with van der Waals surface area (Å²) in [6.07, 6.45) is 15.3. The molecule has 12 nitrogen and oxygen atoms in total. The molecular weight excluding hydrogens is 518 g/mol. The van der Waals surface area contributed by atoms with Crippen LogP contribution in [-0.2, 0) is 19.0 Å². The van der Waals surface area contributed by atoms with Crippen molar-refractivity contribution in [1.82, 2.24) is 19.5 Å². The van der Waals surface area contributed by atoms with Crippen molar-refractivity contribution < 1.29 is 34.0 Å². The van der Waals surface area contributed by atoms with Gasteiger partial charge in [0.2, 0.25) is 0 Å². The number of unbranched alkanes of at least 4 members (excludes halogenated alkanes) is 8. The number of aliphatic hydroxyl groups is 2. The molecule has 2 aromatic heterocycles. The summed E-state index contributed by atoms with van der Waals surface area (Å²) in [6.45, 7) is 3.15. The highest BCUT2D eigenvalue weighted by atomic mass is 16.6. The minimum absolute atomic E-state index is 0.0420. The molecule has 0 saturated carbocycles. The Bertz CT molecular complexity index is 1160.